The van der Waals surface area contributed by atoms with Crippen LogP contribution < -0.4 is 10.1 Å². The van der Waals surface area contributed by atoms with Gasteiger partial charge in [0.15, 0.2) is 0 Å². The third kappa shape index (κ3) is 2.56. The van der Waals surface area contributed by atoms with Crippen LogP contribution in [0.5, 0.6) is 5.75 Å². The molecule has 3 aromatic rings. The van der Waals surface area contributed by atoms with Crippen molar-refractivity contribution >= 4 is 16.8 Å². The molecule has 2 aromatic heterocycles. The van der Waals surface area contributed by atoms with Crippen molar-refractivity contribution in [2.75, 3.05) is 6.61 Å². The third-order valence-electron chi connectivity index (χ3n) is 4.10. The molecule has 0 saturated heterocycles. The zero-order valence-electron chi connectivity index (χ0n) is 12.7. The highest BCUT2D eigenvalue weighted by Gasteiger charge is 2.24. The first-order chi connectivity index (χ1) is 11.7. The molecule has 6 heteroatoms. The smallest absolute Gasteiger partial charge is 0.252 e. The van der Waals surface area contributed by atoms with E-state index in [9.17, 15) is 9.18 Å². The molecular weight excluding hydrogens is 309 g/mol. The molecule has 1 aromatic carbocycles. The average molecular weight is 323 g/mol. The van der Waals surface area contributed by atoms with E-state index in [0.29, 0.717) is 40.8 Å². The fraction of sp³-hybridized carbons (Fsp3) is 0.167. The van der Waals surface area contributed by atoms with Gasteiger partial charge in [0.1, 0.15) is 11.6 Å². The molecule has 0 fully saturated rings. The third-order valence-corrected chi connectivity index (χ3v) is 4.10. The number of carbonyl (C=O) groups excluding carboxylic acids is 1. The van der Waals surface area contributed by atoms with E-state index < -0.39 is 0 Å². The highest BCUT2D eigenvalue weighted by molar-refractivity contribution is 6.05. The van der Waals surface area contributed by atoms with Gasteiger partial charge in [-0.1, -0.05) is 0 Å². The van der Waals surface area contributed by atoms with Crippen LogP contribution in [0.3, 0.4) is 0 Å². The number of carbonyl (C=O) groups is 1. The normalized spacial score (nSPS) is 16.3. The topological polar surface area (TPSA) is 64.1 Å². The van der Waals surface area contributed by atoms with E-state index in [-0.39, 0.29) is 17.8 Å². The van der Waals surface area contributed by atoms with Gasteiger partial charge in [0.2, 0.25) is 0 Å². The van der Waals surface area contributed by atoms with Crippen molar-refractivity contribution in [1.29, 1.82) is 0 Å². The summed E-state index contributed by atoms with van der Waals surface area (Å²) in [5.74, 6) is 0.0174. The van der Waals surface area contributed by atoms with Crippen molar-refractivity contribution < 1.29 is 13.9 Å². The number of aromatic nitrogens is 2. The number of rotatable bonds is 2. The highest BCUT2D eigenvalue weighted by atomic mass is 19.1. The van der Waals surface area contributed by atoms with Crippen LogP contribution in [0, 0.1) is 5.82 Å². The van der Waals surface area contributed by atoms with Crippen LogP contribution >= 0.6 is 0 Å². The second kappa shape index (κ2) is 5.88. The number of halogens is 1. The Morgan fingerprint density at radius 3 is 3.08 bits per heavy atom. The van der Waals surface area contributed by atoms with Crippen molar-refractivity contribution in [3.8, 4) is 5.75 Å². The second-order valence-electron chi connectivity index (χ2n) is 5.60. The molecule has 0 bridgehead atoms. The Kier molecular flexibility index (Phi) is 3.57. The molecule has 5 nitrogen and oxygen atoms in total. The first-order valence-corrected chi connectivity index (χ1v) is 7.64. The van der Waals surface area contributed by atoms with Crippen LogP contribution in [-0.4, -0.2) is 22.5 Å². The van der Waals surface area contributed by atoms with Crippen molar-refractivity contribution in [2.24, 2.45) is 0 Å². The number of fused-ring (bicyclic) bond motifs is 2. The maximum absolute atomic E-state index is 13.6. The molecule has 0 spiro atoms. The van der Waals surface area contributed by atoms with Crippen molar-refractivity contribution in [3.63, 3.8) is 0 Å². The molecule has 0 saturated carbocycles. The predicted molar refractivity (Wildman–Crippen MR) is 86.3 cm³/mol. The van der Waals surface area contributed by atoms with Gasteiger partial charge in [-0.3, -0.25) is 14.8 Å². The minimum Gasteiger partial charge on any atom is -0.493 e. The van der Waals surface area contributed by atoms with Crippen LogP contribution in [0.25, 0.3) is 10.9 Å². The quantitative estimate of drug-likeness (QED) is 0.787. The molecule has 1 aliphatic rings. The molecule has 1 atom stereocenters. The summed E-state index contributed by atoms with van der Waals surface area (Å²) < 4.78 is 19.1. The lowest BCUT2D eigenvalue weighted by Crippen LogP contribution is -2.32. The van der Waals surface area contributed by atoms with Crippen LogP contribution in [-0.2, 0) is 0 Å². The highest BCUT2D eigenvalue weighted by Crippen LogP contribution is 2.32. The summed E-state index contributed by atoms with van der Waals surface area (Å²) in [6.45, 7) is 0.474. The Labute approximate surface area is 137 Å². The Morgan fingerprint density at radius 1 is 1.25 bits per heavy atom. The van der Waals surface area contributed by atoms with E-state index in [1.165, 1.54) is 12.1 Å². The molecule has 1 aliphatic heterocycles. The molecular formula is C18H14FN3O2. The number of amides is 1. The van der Waals surface area contributed by atoms with Crippen LogP contribution in [0.4, 0.5) is 4.39 Å². The predicted octanol–water partition coefficient (Wildman–Crippen LogP) is 3.02. The number of nitrogens with one attached hydrogen (secondary N) is 1. The molecule has 3 heterocycles. The van der Waals surface area contributed by atoms with E-state index in [1.807, 2.05) is 0 Å². The summed E-state index contributed by atoms with van der Waals surface area (Å²) in [5.41, 5.74) is 1.86. The minimum absolute atomic E-state index is 0.238. The average Bonchev–Trinajstić information content (AvgIpc) is 2.61. The zero-order valence-corrected chi connectivity index (χ0v) is 12.7. The van der Waals surface area contributed by atoms with E-state index in [4.69, 9.17) is 4.74 Å². The first kappa shape index (κ1) is 14.6. The van der Waals surface area contributed by atoms with Gasteiger partial charge in [0.05, 0.1) is 23.7 Å². The van der Waals surface area contributed by atoms with E-state index in [2.05, 4.69) is 15.3 Å². The fourth-order valence-electron chi connectivity index (χ4n) is 2.94. The van der Waals surface area contributed by atoms with Gasteiger partial charge >= 0.3 is 0 Å². The summed E-state index contributed by atoms with van der Waals surface area (Å²) in [7, 11) is 0. The lowest BCUT2D eigenvalue weighted by Gasteiger charge is -2.26. The second-order valence-corrected chi connectivity index (χ2v) is 5.60. The molecule has 24 heavy (non-hydrogen) atoms. The van der Waals surface area contributed by atoms with Gasteiger partial charge < -0.3 is 10.1 Å². The lowest BCUT2D eigenvalue weighted by molar-refractivity contribution is 0.0926. The maximum Gasteiger partial charge on any atom is 0.252 e. The first-order valence-electron chi connectivity index (χ1n) is 7.64. The maximum atomic E-state index is 13.6. The Hall–Kier alpha value is -3.02. The Balaban J connectivity index is 1.67. The van der Waals surface area contributed by atoms with E-state index >= 15 is 0 Å². The molecule has 1 N–H and O–H groups in total. The van der Waals surface area contributed by atoms with Crippen LogP contribution in [0.15, 0.2) is 48.9 Å². The zero-order chi connectivity index (χ0) is 16.5. The van der Waals surface area contributed by atoms with Gasteiger partial charge in [-0.25, -0.2) is 4.39 Å². The monoisotopic (exact) mass is 323 g/mol. The van der Waals surface area contributed by atoms with E-state index in [0.717, 1.165) is 0 Å². The van der Waals surface area contributed by atoms with Crippen molar-refractivity contribution in [3.05, 3.63) is 65.9 Å². The van der Waals surface area contributed by atoms with Crippen molar-refractivity contribution in [1.82, 2.24) is 15.3 Å². The van der Waals surface area contributed by atoms with Gasteiger partial charge in [0, 0.05) is 36.0 Å². The number of benzene rings is 1. The number of hydrogen-bond donors (Lipinski definition) is 1. The number of hydrogen-bond acceptors (Lipinski definition) is 4. The SMILES string of the molecule is O=C(N[C@@H]1CCOc2ccc(F)cc21)c1ccnc2ccncc12. The molecule has 0 unspecified atom stereocenters. The van der Waals surface area contributed by atoms with E-state index in [1.54, 1.807) is 36.8 Å². The van der Waals surface area contributed by atoms with Gasteiger partial charge in [0.25, 0.3) is 5.91 Å². The van der Waals surface area contributed by atoms with Gasteiger partial charge in [-0.15, -0.1) is 0 Å². The summed E-state index contributed by atoms with van der Waals surface area (Å²) >= 11 is 0. The fourth-order valence-corrected chi connectivity index (χ4v) is 2.94. The Bertz CT molecular complexity index is 924. The molecule has 120 valence electrons. The summed E-state index contributed by atoms with van der Waals surface area (Å²) in [6.07, 6.45) is 5.43. The minimum atomic E-state index is -0.350. The van der Waals surface area contributed by atoms with Gasteiger partial charge in [-0.2, -0.15) is 0 Å². The number of nitrogens with zero attached hydrogens (tertiary/aromatic N) is 2. The summed E-state index contributed by atoms with van der Waals surface area (Å²) in [5, 5.41) is 3.65. The Morgan fingerprint density at radius 2 is 2.17 bits per heavy atom. The van der Waals surface area contributed by atoms with Crippen LogP contribution in [0.1, 0.15) is 28.4 Å². The van der Waals surface area contributed by atoms with Crippen molar-refractivity contribution in [2.45, 2.75) is 12.5 Å². The van der Waals surface area contributed by atoms with Crippen LogP contribution in [0.2, 0.25) is 0 Å². The standard InChI is InChI=1S/C18H14FN3O2/c19-11-1-2-17-13(9-11)16(5-8-24-17)22-18(23)12-3-7-21-15-4-6-20-10-14(12)15/h1-4,6-7,9-10,16H,5,8H2,(H,22,23)/t16-/m1/s1. The number of pyridine rings is 2. The molecule has 0 aliphatic carbocycles. The van der Waals surface area contributed by atoms with Gasteiger partial charge in [-0.05, 0) is 30.3 Å². The molecule has 1 amide bonds. The summed E-state index contributed by atoms with van der Waals surface area (Å²) in [4.78, 5) is 21.0. The largest absolute Gasteiger partial charge is 0.493 e. The molecule has 0 radical (unpaired) electrons. The molecule has 4 rings (SSSR count). The lowest BCUT2D eigenvalue weighted by atomic mass is 9.99. The summed E-state index contributed by atoms with van der Waals surface area (Å²) in [6, 6.07) is 7.47. The number of ether oxygens (including phenoxy) is 1.